The minimum absolute atomic E-state index is 0.200. The van der Waals surface area contributed by atoms with E-state index in [9.17, 15) is 8.42 Å². The molecule has 0 aliphatic rings. The van der Waals surface area contributed by atoms with Gasteiger partial charge in [0, 0.05) is 9.92 Å². The summed E-state index contributed by atoms with van der Waals surface area (Å²) in [7, 11) is -3.63. The van der Waals surface area contributed by atoms with Gasteiger partial charge in [0.2, 0.25) is 0 Å². The van der Waals surface area contributed by atoms with Gasteiger partial charge in [0.05, 0.1) is 10.6 Å². The summed E-state index contributed by atoms with van der Waals surface area (Å²) in [6.45, 7) is 1.90. The molecule has 0 saturated carbocycles. The summed E-state index contributed by atoms with van der Waals surface area (Å²) in [4.78, 5) is 0.714. The molecule has 0 amide bonds. The van der Waals surface area contributed by atoms with Gasteiger partial charge < -0.3 is 0 Å². The highest BCUT2D eigenvalue weighted by atomic mass is 35.5. The van der Waals surface area contributed by atoms with Crippen LogP contribution in [0, 0.1) is 6.92 Å². The predicted molar refractivity (Wildman–Crippen MR) is 80.7 cm³/mol. The Kier molecular flexibility index (Phi) is 4.08. The monoisotopic (exact) mass is 313 g/mol. The second-order valence-electron chi connectivity index (χ2n) is 4.08. The molecule has 0 aliphatic heterocycles. The van der Waals surface area contributed by atoms with Crippen molar-refractivity contribution in [3.05, 3.63) is 53.1 Å². The molecule has 0 aliphatic carbocycles. The third-order valence-electron chi connectivity index (χ3n) is 2.53. The Balaban J connectivity index is 2.36. The minimum Gasteiger partial charge on any atom is -0.278 e. The van der Waals surface area contributed by atoms with E-state index < -0.39 is 10.0 Å². The van der Waals surface area contributed by atoms with Crippen LogP contribution in [-0.4, -0.2) is 8.42 Å². The molecule has 3 nitrogen and oxygen atoms in total. The lowest BCUT2D eigenvalue weighted by molar-refractivity contribution is 0.601. The lowest BCUT2D eigenvalue weighted by atomic mass is 10.2. The molecule has 0 unspecified atom stereocenters. The Bertz CT molecular complexity index is 697. The van der Waals surface area contributed by atoms with Crippen molar-refractivity contribution in [1.29, 1.82) is 0 Å². The van der Waals surface area contributed by atoms with Crippen LogP contribution in [0.25, 0.3) is 0 Å². The van der Waals surface area contributed by atoms with E-state index in [1.165, 1.54) is 6.07 Å². The molecule has 2 aromatic rings. The largest absolute Gasteiger partial charge is 0.278 e. The van der Waals surface area contributed by atoms with Gasteiger partial charge in [-0.15, -0.1) is 12.6 Å². The summed E-state index contributed by atoms with van der Waals surface area (Å²) in [5.74, 6) is 0. The molecule has 0 bridgehead atoms. The van der Waals surface area contributed by atoms with Crippen LogP contribution in [0.15, 0.2) is 52.3 Å². The number of hydrogen-bond donors (Lipinski definition) is 2. The van der Waals surface area contributed by atoms with Gasteiger partial charge in [0.15, 0.2) is 0 Å². The third-order valence-corrected chi connectivity index (χ3v) is 4.54. The van der Waals surface area contributed by atoms with Gasteiger partial charge in [-0.1, -0.05) is 29.3 Å². The Morgan fingerprint density at radius 3 is 2.37 bits per heavy atom. The van der Waals surface area contributed by atoms with Crippen LogP contribution >= 0.6 is 24.2 Å². The Labute approximate surface area is 123 Å². The quantitative estimate of drug-likeness (QED) is 0.848. The van der Waals surface area contributed by atoms with Crippen molar-refractivity contribution in [2.24, 2.45) is 0 Å². The van der Waals surface area contributed by atoms with E-state index in [2.05, 4.69) is 17.4 Å². The van der Waals surface area contributed by atoms with Crippen LogP contribution in [0.1, 0.15) is 5.56 Å². The van der Waals surface area contributed by atoms with Crippen molar-refractivity contribution in [1.82, 2.24) is 0 Å². The van der Waals surface area contributed by atoms with Crippen molar-refractivity contribution in [2.75, 3.05) is 4.72 Å². The molecular weight excluding hydrogens is 302 g/mol. The van der Waals surface area contributed by atoms with Gasteiger partial charge >= 0.3 is 0 Å². The summed E-state index contributed by atoms with van der Waals surface area (Å²) in [6.07, 6.45) is 0. The number of sulfonamides is 1. The van der Waals surface area contributed by atoms with Gasteiger partial charge in [0.1, 0.15) is 0 Å². The fraction of sp³-hybridized carbons (Fsp3) is 0.0769. The fourth-order valence-corrected chi connectivity index (χ4v) is 3.02. The molecular formula is C13H12ClNO2S2. The molecule has 2 aromatic carbocycles. The van der Waals surface area contributed by atoms with Gasteiger partial charge in [-0.2, -0.15) is 0 Å². The third kappa shape index (κ3) is 3.43. The second-order valence-corrected chi connectivity index (χ2v) is 6.68. The first kappa shape index (κ1) is 14.2. The first-order chi connectivity index (χ1) is 8.88. The number of halogens is 1. The van der Waals surface area contributed by atoms with Crippen LogP contribution in [0.3, 0.4) is 0 Å². The smallest absolute Gasteiger partial charge is 0.261 e. The van der Waals surface area contributed by atoms with E-state index in [0.717, 1.165) is 5.56 Å². The molecule has 100 valence electrons. The van der Waals surface area contributed by atoms with Gasteiger partial charge in [-0.25, -0.2) is 8.42 Å². The maximum atomic E-state index is 12.2. The van der Waals surface area contributed by atoms with Crippen LogP contribution < -0.4 is 4.72 Å². The van der Waals surface area contributed by atoms with Crippen molar-refractivity contribution >= 4 is 39.9 Å². The summed E-state index contributed by atoms with van der Waals surface area (Å²) < 4.78 is 26.9. The van der Waals surface area contributed by atoms with Crippen LogP contribution in [-0.2, 0) is 10.0 Å². The molecule has 6 heteroatoms. The highest BCUT2D eigenvalue weighted by molar-refractivity contribution is 7.92. The average Bonchev–Trinajstić information content (AvgIpc) is 2.34. The predicted octanol–water partition coefficient (Wildman–Crippen LogP) is 3.74. The number of hydrogen-bond acceptors (Lipinski definition) is 3. The van der Waals surface area contributed by atoms with Crippen molar-refractivity contribution < 1.29 is 8.42 Å². The molecule has 0 radical (unpaired) electrons. The zero-order valence-electron chi connectivity index (χ0n) is 10.1. The van der Waals surface area contributed by atoms with E-state index in [0.29, 0.717) is 15.6 Å². The highest BCUT2D eigenvalue weighted by Crippen LogP contribution is 2.26. The topological polar surface area (TPSA) is 46.2 Å². The van der Waals surface area contributed by atoms with E-state index in [1.807, 2.05) is 6.92 Å². The lowest BCUT2D eigenvalue weighted by Crippen LogP contribution is -2.13. The summed E-state index contributed by atoms with van der Waals surface area (Å²) >= 11 is 10.0. The van der Waals surface area contributed by atoms with E-state index in [1.54, 1.807) is 36.4 Å². The second kappa shape index (κ2) is 5.45. The number of aryl methyl sites for hydroxylation is 1. The molecule has 2 rings (SSSR count). The molecule has 19 heavy (non-hydrogen) atoms. The summed E-state index contributed by atoms with van der Waals surface area (Å²) in [5, 5.41) is 0.444. The van der Waals surface area contributed by atoms with Gasteiger partial charge in [0.25, 0.3) is 10.0 Å². The summed E-state index contributed by atoms with van der Waals surface area (Å²) in [5.41, 5.74) is 1.35. The molecule has 0 fully saturated rings. The lowest BCUT2D eigenvalue weighted by Gasteiger charge is -2.10. The maximum absolute atomic E-state index is 12.2. The molecule has 0 spiro atoms. The van der Waals surface area contributed by atoms with Crippen molar-refractivity contribution in [2.45, 2.75) is 16.7 Å². The average molecular weight is 314 g/mol. The van der Waals surface area contributed by atoms with Crippen LogP contribution in [0.2, 0.25) is 5.02 Å². The standard InChI is InChI=1S/C13H12ClNO2S2/c1-9-2-5-11(6-3-9)19(16,17)15-12-8-10(14)4-7-13(12)18/h2-8,15,18H,1H3. The van der Waals surface area contributed by atoms with E-state index in [4.69, 9.17) is 11.6 Å². The molecule has 0 aromatic heterocycles. The number of thiol groups is 1. The molecule has 0 atom stereocenters. The number of rotatable bonds is 3. The first-order valence-electron chi connectivity index (χ1n) is 5.46. The number of anilines is 1. The van der Waals surface area contributed by atoms with Crippen LogP contribution in [0.5, 0.6) is 0 Å². The SMILES string of the molecule is Cc1ccc(S(=O)(=O)Nc2cc(Cl)ccc2S)cc1. The Hall–Kier alpha value is -1.17. The van der Waals surface area contributed by atoms with Crippen molar-refractivity contribution in [3.63, 3.8) is 0 Å². The van der Waals surface area contributed by atoms with Crippen molar-refractivity contribution in [3.8, 4) is 0 Å². The zero-order valence-corrected chi connectivity index (χ0v) is 12.6. The fourth-order valence-electron chi connectivity index (χ4n) is 1.51. The van der Waals surface area contributed by atoms with E-state index >= 15 is 0 Å². The van der Waals surface area contributed by atoms with Gasteiger partial charge in [-0.3, -0.25) is 4.72 Å². The minimum atomic E-state index is -3.63. The van der Waals surface area contributed by atoms with Gasteiger partial charge in [-0.05, 0) is 37.3 Å². The zero-order chi connectivity index (χ0) is 14.0. The molecule has 0 heterocycles. The highest BCUT2D eigenvalue weighted by Gasteiger charge is 2.15. The first-order valence-corrected chi connectivity index (χ1v) is 7.77. The normalized spacial score (nSPS) is 11.3. The van der Waals surface area contributed by atoms with Crippen LogP contribution in [0.4, 0.5) is 5.69 Å². The molecule has 0 saturated heterocycles. The Morgan fingerprint density at radius 1 is 1.11 bits per heavy atom. The summed E-state index contributed by atoms with van der Waals surface area (Å²) in [6, 6.07) is 11.4. The number of benzene rings is 2. The maximum Gasteiger partial charge on any atom is 0.261 e. The number of nitrogens with one attached hydrogen (secondary N) is 1. The Morgan fingerprint density at radius 2 is 1.74 bits per heavy atom. The molecule has 1 N–H and O–H groups in total. The van der Waals surface area contributed by atoms with E-state index in [-0.39, 0.29) is 4.90 Å².